The van der Waals surface area contributed by atoms with Crippen LogP contribution in [-0.4, -0.2) is 27.4 Å². The van der Waals surface area contributed by atoms with Gasteiger partial charge in [-0.1, -0.05) is 11.6 Å². The van der Waals surface area contributed by atoms with Gasteiger partial charge in [0.25, 0.3) is 0 Å². The van der Waals surface area contributed by atoms with Crippen LogP contribution in [0.4, 0.5) is 10.2 Å². The van der Waals surface area contributed by atoms with Gasteiger partial charge in [0, 0.05) is 17.7 Å². The number of fused-ring (bicyclic) bond motifs is 1. The largest absolute Gasteiger partial charge is 0.478 e. The summed E-state index contributed by atoms with van der Waals surface area (Å²) >= 11 is 6.28. The third-order valence-corrected chi connectivity index (χ3v) is 4.99. The fourth-order valence-corrected chi connectivity index (χ4v) is 3.59. The normalized spacial score (nSPS) is 13.6. The van der Waals surface area contributed by atoms with Crippen LogP contribution in [0.15, 0.2) is 42.5 Å². The van der Waals surface area contributed by atoms with E-state index < -0.39 is 11.8 Å². The molecule has 0 aliphatic carbocycles. The molecule has 0 saturated carbocycles. The summed E-state index contributed by atoms with van der Waals surface area (Å²) in [6.45, 7) is 0.822. The molecule has 2 N–H and O–H groups in total. The number of anilines is 1. The van der Waals surface area contributed by atoms with Gasteiger partial charge in [-0.25, -0.2) is 13.9 Å². The van der Waals surface area contributed by atoms with Crippen LogP contribution < -0.4 is 5.32 Å². The first-order chi connectivity index (χ1) is 13.0. The molecule has 27 heavy (non-hydrogen) atoms. The summed E-state index contributed by atoms with van der Waals surface area (Å²) in [5.41, 5.74) is 3.39. The van der Waals surface area contributed by atoms with Gasteiger partial charge < -0.3 is 10.4 Å². The molecule has 1 aliphatic rings. The molecule has 2 aromatic carbocycles. The van der Waals surface area contributed by atoms with Crippen molar-refractivity contribution < 1.29 is 14.3 Å². The molecule has 0 radical (unpaired) electrons. The summed E-state index contributed by atoms with van der Waals surface area (Å²) in [6.07, 6.45) is 2.87. The number of nitrogens with one attached hydrogen (secondary N) is 1. The van der Waals surface area contributed by atoms with E-state index in [1.165, 1.54) is 12.1 Å². The molecule has 1 aromatic heterocycles. The zero-order chi connectivity index (χ0) is 19.0. The second-order valence-corrected chi connectivity index (χ2v) is 6.85. The average molecular weight is 386 g/mol. The second-order valence-electron chi connectivity index (χ2n) is 6.45. The molecule has 7 heteroatoms. The Labute approximate surface area is 160 Å². The molecule has 0 saturated heterocycles. The molecular formula is C20H17ClFN3O2. The summed E-state index contributed by atoms with van der Waals surface area (Å²) in [5, 5.41) is 17.6. The molecule has 0 amide bonds. The Kier molecular flexibility index (Phi) is 4.58. The number of carbonyl (C=O) groups is 1. The molecule has 3 aromatic rings. The topological polar surface area (TPSA) is 67.1 Å². The Balaban J connectivity index is 1.87. The van der Waals surface area contributed by atoms with Crippen LogP contribution >= 0.6 is 11.6 Å². The highest BCUT2D eigenvalue weighted by atomic mass is 35.5. The monoisotopic (exact) mass is 385 g/mol. The van der Waals surface area contributed by atoms with Crippen LogP contribution in [0.3, 0.4) is 0 Å². The van der Waals surface area contributed by atoms with Gasteiger partial charge in [-0.2, -0.15) is 5.10 Å². The van der Waals surface area contributed by atoms with Crippen molar-refractivity contribution in [2.24, 2.45) is 0 Å². The lowest BCUT2D eigenvalue weighted by atomic mass is 10.0. The highest BCUT2D eigenvalue weighted by Gasteiger charge is 2.23. The van der Waals surface area contributed by atoms with Crippen molar-refractivity contribution in [3.63, 3.8) is 0 Å². The number of benzene rings is 2. The van der Waals surface area contributed by atoms with Crippen LogP contribution in [0.5, 0.6) is 0 Å². The van der Waals surface area contributed by atoms with Crippen molar-refractivity contribution in [2.45, 2.75) is 19.3 Å². The van der Waals surface area contributed by atoms with Gasteiger partial charge in [-0.3, -0.25) is 0 Å². The maximum absolute atomic E-state index is 13.5. The predicted molar refractivity (Wildman–Crippen MR) is 102 cm³/mol. The minimum Gasteiger partial charge on any atom is -0.478 e. The summed E-state index contributed by atoms with van der Waals surface area (Å²) in [5.74, 6) is -0.500. The van der Waals surface area contributed by atoms with Crippen molar-refractivity contribution in [1.82, 2.24) is 9.78 Å². The van der Waals surface area contributed by atoms with Crippen molar-refractivity contribution in [1.29, 1.82) is 0 Å². The first kappa shape index (κ1) is 17.5. The van der Waals surface area contributed by atoms with E-state index in [1.807, 2.05) is 0 Å². The Bertz CT molecular complexity index is 1010. The minimum atomic E-state index is -0.974. The number of aromatic carboxylic acids is 1. The lowest BCUT2D eigenvalue weighted by Gasteiger charge is -2.09. The Morgan fingerprint density at radius 3 is 2.67 bits per heavy atom. The van der Waals surface area contributed by atoms with Crippen LogP contribution in [-0.2, 0) is 6.42 Å². The summed E-state index contributed by atoms with van der Waals surface area (Å²) in [6, 6.07) is 10.8. The van der Waals surface area contributed by atoms with E-state index in [0.29, 0.717) is 16.3 Å². The van der Waals surface area contributed by atoms with Crippen LogP contribution in [0, 0.1) is 5.82 Å². The van der Waals surface area contributed by atoms with Gasteiger partial charge in [0.1, 0.15) is 11.6 Å². The lowest BCUT2D eigenvalue weighted by Crippen LogP contribution is -2.07. The first-order valence-electron chi connectivity index (χ1n) is 8.69. The molecule has 2 heterocycles. The molecule has 0 unspecified atom stereocenters. The van der Waals surface area contributed by atoms with E-state index in [0.717, 1.165) is 42.9 Å². The standard InChI is InChI=1S/C20H17ClFN3O2/c21-17-11-13(22)6-9-15(17)18-16-3-1-2-10-23-19(16)25(24-18)14-7-4-12(5-8-14)20(26)27/h4-9,11,23H,1-3,10H2,(H,26,27). The van der Waals surface area contributed by atoms with Gasteiger partial charge in [0.15, 0.2) is 0 Å². The molecule has 0 bridgehead atoms. The van der Waals surface area contributed by atoms with Crippen molar-refractivity contribution in [3.05, 3.63) is 64.4 Å². The Morgan fingerprint density at radius 1 is 1.19 bits per heavy atom. The van der Waals surface area contributed by atoms with Gasteiger partial charge in [0.05, 0.1) is 22.0 Å². The number of carboxylic acid groups (broad SMARTS) is 1. The average Bonchev–Trinajstić information content (AvgIpc) is 2.83. The highest BCUT2D eigenvalue weighted by Crippen LogP contribution is 2.37. The van der Waals surface area contributed by atoms with Crippen LogP contribution in [0.1, 0.15) is 28.8 Å². The summed E-state index contributed by atoms with van der Waals surface area (Å²) in [4.78, 5) is 11.1. The fraction of sp³-hybridized carbons (Fsp3) is 0.200. The number of halogens is 2. The fourth-order valence-electron chi connectivity index (χ4n) is 3.33. The van der Waals surface area contributed by atoms with Crippen LogP contribution in [0.25, 0.3) is 16.9 Å². The number of rotatable bonds is 3. The van der Waals surface area contributed by atoms with Crippen molar-refractivity contribution in [3.8, 4) is 16.9 Å². The third kappa shape index (κ3) is 3.28. The van der Waals surface area contributed by atoms with Gasteiger partial charge in [0.2, 0.25) is 0 Å². The quantitative estimate of drug-likeness (QED) is 0.681. The van der Waals surface area contributed by atoms with Gasteiger partial charge in [-0.05, 0) is 61.7 Å². The number of hydrogen-bond acceptors (Lipinski definition) is 3. The van der Waals surface area contributed by atoms with Crippen molar-refractivity contribution in [2.75, 3.05) is 11.9 Å². The van der Waals surface area contributed by atoms with Gasteiger partial charge in [-0.15, -0.1) is 0 Å². The van der Waals surface area contributed by atoms with E-state index in [4.69, 9.17) is 21.8 Å². The molecule has 0 atom stereocenters. The Morgan fingerprint density at radius 2 is 1.96 bits per heavy atom. The molecule has 1 aliphatic heterocycles. The Hall–Kier alpha value is -2.86. The van der Waals surface area contributed by atoms with E-state index >= 15 is 0 Å². The lowest BCUT2D eigenvalue weighted by molar-refractivity contribution is 0.0697. The first-order valence-corrected chi connectivity index (χ1v) is 9.07. The maximum atomic E-state index is 13.5. The second kappa shape index (κ2) is 7.04. The molecule has 4 rings (SSSR count). The number of nitrogens with zero attached hydrogens (tertiary/aromatic N) is 2. The highest BCUT2D eigenvalue weighted by molar-refractivity contribution is 6.33. The number of aromatic nitrogens is 2. The zero-order valence-corrected chi connectivity index (χ0v) is 15.1. The number of carboxylic acids is 1. The molecular weight excluding hydrogens is 369 g/mol. The maximum Gasteiger partial charge on any atom is 0.335 e. The predicted octanol–water partition coefficient (Wildman–Crippen LogP) is 4.78. The van der Waals surface area contributed by atoms with E-state index in [-0.39, 0.29) is 5.56 Å². The van der Waals surface area contributed by atoms with Crippen LogP contribution in [0.2, 0.25) is 5.02 Å². The number of hydrogen-bond donors (Lipinski definition) is 2. The van der Waals surface area contributed by atoms with E-state index in [2.05, 4.69) is 5.32 Å². The third-order valence-electron chi connectivity index (χ3n) is 4.67. The molecule has 5 nitrogen and oxygen atoms in total. The minimum absolute atomic E-state index is 0.215. The van der Waals surface area contributed by atoms with Gasteiger partial charge >= 0.3 is 5.97 Å². The molecule has 138 valence electrons. The smallest absolute Gasteiger partial charge is 0.335 e. The molecule has 0 fully saturated rings. The summed E-state index contributed by atoms with van der Waals surface area (Å²) < 4.78 is 15.2. The SMILES string of the molecule is O=C(O)c1ccc(-n2nc(-c3ccc(F)cc3Cl)c3c2NCCCC3)cc1. The van der Waals surface area contributed by atoms with Crippen molar-refractivity contribution >= 4 is 23.4 Å². The van der Waals surface area contributed by atoms with E-state index in [1.54, 1.807) is 35.0 Å². The van der Waals surface area contributed by atoms with E-state index in [9.17, 15) is 9.18 Å². The summed E-state index contributed by atoms with van der Waals surface area (Å²) in [7, 11) is 0. The zero-order valence-electron chi connectivity index (χ0n) is 14.4. The molecule has 0 spiro atoms.